The zero-order valence-electron chi connectivity index (χ0n) is 20.5. The lowest BCUT2D eigenvalue weighted by Crippen LogP contribution is -2.34. The number of hydrogen-bond acceptors (Lipinski definition) is 2. The van der Waals surface area contributed by atoms with Gasteiger partial charge in [-0.3, -0.25) is 9.80 Å². The van der Waals surface area contributed by atoms with Crippen molar-refractivity contribution in [3.63, 3.8) is 0 Å². The van der Waals surface area contributed by atoms with Crippen molar-refractivity contribution in [3.8, 4) is 0 Å². The van der Waals surface area contributed by atoms with Crippen LogP contribution in [0.1, 0.15) is 87.4 Å². The molecule has 2 aromatic heterocycles. The minimum atomic E-state index is 0.625. The number of rotatable bonds is 11. The van der Waals surface area contributed by atoms with E-state index in [0.29, 0.717) is 12.1 Å². The molecule has 2 aliphatic heterocycles. The summed E-state index contributed by atoms with van der Waals surface area (Å²) in [6.07, 6.45) is 22.5. The summed E-state index contributed by atoms with van der Waals surface area (Å²) < 4.78 is 4.82. The second-order valence-electron chi connectivity index (χ2n) is 10.1. The Morgan fingerprint density at radius 2 is 1.12 bits per heavy atom. The van der Waals surface area contributed by atoms with E-state index >= 15 is 0 Å². The number of likely N-dealkylation sites (tertiary alicyclic amines) is 2. The van der Waals surface area contributed by atoms with Crippen LogP contribution in [0.5, 0.6) is 0 Å². The van der Waals surface area contributed by atoms with Crippen LogP contribution in [0.25, 0.3) is 0 Å². The maximum absolute atomic E-state index is 2.50. The Labute approximate surface area is 195 Å². The first kappa shape index (κ1) is 23.4. The maximum Gasteiger partial charge on any atom is 0.173 e. The van der Waals surface area contributed by atoms with E-state index in [1.54, 1.807) is 0 Å². The topological polar surface area (TPSA) is 14.2 Å². The molecule has 0 unspecified atom stereocenters. The van der Waals surface area contributed by atoms with Crippen LogP contribution in [0.2, 0.25) is 0 Å². The Morgan fingerprint density at radius 3 is 1.53 bits per heavy atom. The first-order chi connectivity index (χ1) is 15.7. The predicted octanol–water partition coefficient (Wildman–Crippen LogP) is 4.84. The van der Waals surface area contributed by atoms with Gasteiger partial charge in [-0.25, -0.2) is 9.13 Å². The molecule has 32 heavy (non-hydrogen) atoms. The maximum atomic E-state index is 2.50. The van der Waals surface area contributed by atoms with E-state index in [2.05, 4.69) is 82.1 Å². The van der Waals surface area contributed by atoms with Gasteiger partial charge in [0.2, 0.25) is 0 Å². The molecule has 4 heterocycles. The molecule has 0 bridgehead atoms. The number of unbranched alkanes of at least 4 members (excludes halogenated alkanes) is 5. The van der Waals surface area contributed by atoms with Gasteiger partial charge in [0.1, 0.15) is 13.1 Å². The Bertz CT molecular complexity index is 766. The number of pyridine rings is 2. The molecule has 0 aromatic carbocycles. The van der Waals surface area contributed by atoms with Crippen molar-refractivity contribution in [2.75, 3.05) is 27.2 Å². The van der Waals surface area contributed by atoms with E-state index in [9.17, 15) is 0 Å². The highest BCUT2D eigenvalue weighted by Gasteiger charge is 2.25. The average Bonchev–Trinajstić information content (AvgIpc) is 3.44. The first-order valence-electron chi connectivity index (χ1n) is 13.1. The van der Waals surface area contributed by atoms with Crippen LogP contribution >= 0.6 is 0 Å². The lowest BCUT2D eigenvalue weighted by atomic mass is 10.1. The highest BCUT2D eigenvalue weighted by atomic mass is 15.2. The van der Waals surface area contributed by atoms with Crippen LogP contribution in [-0.4, -0.2) is 37.0 Å². The summed E-state index contributed by atoms with van der Waals surface area (Å²) >= 11 is 0. The molecule has 2 aromatic rings. The second kappa shape index (κ2) is 11.9. The molecule has 4 nitrogen and oxygen atoms in total. The molecule has 2 fully saturated rings. The van der Waals surface area contributed by atoms with E-state index < -0.39 is 0 Å². The van der Waals surface area contributed by atoms with Crippen LogP contribution in [0, 0.1) is 0 Å². The molecule has 4 rings (SSSR count). The molecule has 0 N–H and O–H groups in total. The van der Waals surface area contributed by atoms with Gasteiger partial charge in [0.15, 0.2) is 24.8 Å². The van der Waals surface area contributed by atoms with Crippen LogP contribution in [0.15, 0.2) is 49.1 Å². The van der Waals surface area contributed by atoms with Crippen LogP contribution < -0.4 is 9.13 Å². The van der Waals surface area contributed by atoms with E-state index in [1.165, 1.54) is 88.4 Å². The fourth-order valence-corrected chi connectivity index (χ4v) is 5.72. The van der Waals surface area contributed by atoms with Crippen molar-refractivity contribution in [2.24, 2.45) is 0 Å². The Morgan fingerprint density at radius 1 is 0.688 bits per heavy atom. The monoisotopic (exact) mass is 436 g/mol. The summed E-state index contributed by atoms with van der Waals surface area (Å²) in [5.74, 6) is 0. The van der Waals surface area contributed by atoms with Gasteiger partial charge in [-0.05, 0) is 77.8 Å². The molecule has 2 aliphatic rings. The lowest BCUT2D eigenvalue weighted by molar-refractivity contribution is -0.698. The van der Waals surface area contributed by atoms with Gasteiger partial charge in [-0.2, -0.15) is 0 Å². The van der Waals surface area contributed by atoms with Gasteiger partial charge in [-0.1, -0.05) is 12.8 Å². The number of aromatic nitrogens is 2. The van der Waals surface area contributed by atoms with Crippen molar-refractivity contribution >= 4 is 0 Å². The molecule has 4 heteroatoms. The molecule has 0 radical (unpaired) electrons. The second-order valence-corrected chi connectivity index (χ2v) is 10.1. The average molecular weight is 437 g/mol. The van der Waals surface area contributed by atoms with E-state index in [0.717, 1.165) is 13.1 Å². The molecular weight excluding hydrogens is 392 g/mol. The van der Waals surface area contributed by atoms with Gasteiger partial charge in [-0.15, -0.1) is 0 Å². The van der Waals surface area contributed by atoms with Crippen LogP contribution in [-0.2, 0) is 13.1 Å². The predicted molar refractivity (Wildman–Crippen MR) is 130 cm³/mol. The molecule has 0 saturated carbocycles. The number of nitrogens with zero attached hydrogens (tertiary/aromatic N) is 4. The minimum absolute atomic E-state index is 0.625. The van der Waals surface area contributed by atoms with Crippen molar-refractivity contribution in [1.82, 2.24) is 9.80 Å². The Balaban J connectivity index is 1.10. The van der Waals surface area contributed by atoms with Crippen molar-refractivity contribution in [1.29, 1.82) is 0 Å². The van der Waals surface area contributed by atoms with Crippen molar-refractivity contribution < 1.29 is 9.13 Å². The highest BCUT2D eigenvalue weighted by Crippen LogP contribution is 2.30. The summed E-state index contributed by atoms with van der Waals surface area (Å²) in [6.45, 7) is 4.79. The van der Waals surface area contributed by atoms with Crippen LogP contribution in [0.3, 0.4) is 0 Å². The van der Waals surface area contributed by atoms with E-state index in [1.807, 2.05) is 0 Å². The number of aryl methyl sites for hydroxylation is 2. The van der Waals surface area contributed by atoms with Gasteiger partial charge >= 0.3 is 0 Å². The Kier molecular flexibility index (Phi) is 8.69. The first-order valence-corrected chi connectivity index (χ1v) is 13.1. The van der Waals surface area contributed by atoms with Crippen molar-refractivity contribution in [3.05, 3.63) is 60.2 Å². The zero-order chi connectivity index (χ0) is 22.2. The smallest absolute Gasteiger partial charge is 0.173 e. The molecule has 0 aliphatic carbocycles. The normalized spacial score (nSPS) is 22.1. The van der Waals surface area contributed by atoms with Gasteiger partial charge in [0.05, 0.1) is 0 Å². The largest absolute Gasteiger partial charge is 0.299 e. The van der Waals surface area contributed by atoms with E-state index in [-0.39, 0.29) is 0 Å². The third kappa shape index (κ3) is 6.39. The third-order valence-electron chi connectivity index (χ3n) is 7.66. The SMILES string of the molecule is CN1CCC[C@H]1c1ccc[n+](CCCCCCCC[n+]2cccc([C@@H]3CCCN3C)c2)c1. The quantitative estimate of drug-likeness (QED) is 0.370. The number of hydrogen-bond donors (Lipinski definition) is 0. The molecule has 2 saturated heterocycles. The molecule has 174 valence electrons. The fourth-order valence-electron chi connectivity index (χ4n) is 5.72. The minimum Gasteiger partial charge on any atom is -0.299 e. The van der Waals surface area contributed by atoms with Crippen LogP contribution in [0.4, 0.5) is 0 Å². The lowest BCUT2D eigenvalue weighted by Gasteiger charge is -2.18. The van der Waals surface area contributed by atoms with E-state index in [4.69, 9.17) is 0 Å². The standard InChI is InChI=1S/C28H44N4/c1-29-17-11-15-27(29)25-13-9-21-31(23-25)19-7-5-3-4-6-8-20-32-22-10-14-26(24-32)28-16-12-18-30(28)2/h9-10,13-14,21-24,27-28H,3-8,11-12,15-20H2,1-2H3/q+2/t27-,28-/m0/s1. The zero-order valence-corrected chi connectivity index (χ0v) is 20.5. The fraction of sp³-hybridized carbons (Fsp3) is 0.643. The summed E-state index contributed by atoms with van der Waals surface area (Å²) in [7, 11) is 4.52. The summed E-state index contributed by atoms with van der Waals surface area (Å²) in [5.41, 5.74) is 2.99. The van der Waals surface area contributed by atoms with Crippen molar-refractivity contribution in [2.45, 2.75) is 89.4 Å². The molecule has 0 spiro atoms. The Hall–Kier alpha value is -1.78. The molecule has 2 atom stereocenters. The summed E-state index contributed by atoms with van der Waals surface area (Å²) in [6, 6.07) is 10.3. The summed E-state index contributed by atoms with van der Waals surface area (Å²) in [5, 5.41) is 0. The molecule has 0 amide bonds. The van der Waals surface area contributed by atoms with Gasteiger partial charge < -0.3 is 0 Å². The third-order valence-corrected chi connectivity index (χ3v) is 7.66. The van der Waals surface area contributed by atoms with Gasteiger partial charge in [0, 0.05) is 48.2 Å². The highest BCUT2D eigenvalue weighted by molar-refractivity contribution is 5.13. The molecular formula is C28H44N4+2. The van der Waals surface area contributed by atoms with Gasteiger partial charge in [0.25, 0.3) is 0 Å². The summed E-state index contributed by atoms with van der Waals surface area (Å²) in [4.78, 5) is 5.00.